The van der Waals surface area contributed by atoms with Crippen molar-refractivity contribution in [2.24, 2.45) is 5.92 Å². The van der Waals surface area contributed by atoms with Gasteiger partial charge in [0.15, 0.2) is 27.2 Å². The number of aliphatic hydroxyl groups excluding tert-OH is 1. The second-order valence-corrected chi connectivity index (χ2v) is 8.52. The summed E-state index contributed by atoms with van der Waals surface area (Å²) in [6, 6.07) is 0. The SMILES string of the molecule is C[C@H](COc1sc(S(C)(=O)=O)c2c1[C@@H](F)[C@@H](F)[C@H]2O)C(F)(F)F. The standard InChI is InChI=1S/C12H13F5O4S2/c1-4(12(15,16)17)3-21-10-5-6(9(18)8(14)7(5)13)11(22-10)23(2,19)20/h4,7-9,18H,3H2,1-2H3/t4-,7-,8-,9+/m1/s1. The van der Waals surface area contributed by atoms with E-state index in [1.807, 2.05) is 0 Å². The minimum absolute atomic E-state index is 0.387. The van der Waals surface area contributed by atoms with Crippen LogP contribution in [0.5, 0.6) is 5.06 Å². The number of alkyl halides is 5. The van der Waals surface area contributed by atoms with Gasteiger partial charge in [-0.3, -0.25) is 0 Å². The molecule has 0 fully saturated rings. The van der Waals surface area contributed by atoms with Crippen molar-refractivity contribution in [3.63, 3.8) is 0 Å². The summed E-state index contributed by atoms with van der Waals surface area (Å²) in [6.45, 7) is -0.0372. The third-order valence-corrected chi connectivity index (χ3v) is 6.41. The number of rotatable bonds is 4. The highest BCUT2D eigenvalue weighted by molar-refractivity contribution is 7.92. The van der Waals surface area contributed by atoms with E-state index < -0.39 is 67.4 Å². The van der Waals surface area contributed by atoms with Crippen LogP contribution in [-0.4, -0.2) is 38.7 Å². The molecule has 0 radical (unpaired) electrons. The molecule has 0 unspecified atom stereocenters. The molecule has 132 valence electrons. The summed E-state index contributed by atoms with van der Waals surface area (Å²) < 4.78 is 92.8. The number of hydrogen-bond donors (Lipinski definition) is 1. The van der Waals surface area contributed by atoms with Gasteiger partial charge < -0.3 is 9.84 Å². The summed E-state index contributed by atoms with van der Waals surface area (Å²) in [6.07, 6.45) is -10.5. The van der Waals surface area contributed by atoms with Gasteiger partial charge in [-0.1, -0.05) is 18.3 Å². The van der Waals surface area contributed by atoms with Crippen molar-refractivity contribution in [3.8, 4) is 5.06 Å². The number of ether oxygens (including phenoxy) is 1. The summed E-state index contributed by atoms with van der Waals surface area (Å²) in [4.78, 5) is 0. The van der Waals surface area contributed by atoms with Gasteiger partial charge in [0.25, 0.3) is 0 Å². The lowest BCUT2D eigenvalue weighted by Gasteiger charge is -2.16. The highest BCUT2D eigenvalue weighted by atomic mass is 32.2. The number of fused-ring (bicyclic) bond motifs is 1. The van der Waals surface area contributed by atoms with E-state index >= 15 is 0 Å². The third-order valence-electron chi connectivity index (χ3n) is 3.43. The highest BCUT2D eigenvalue weighted by Crippen LogP contribution is 2.54. The molecule has 1 aromatic heterocycles. The Kier molecular flexibility index (Phi) is 4.68. The molecule has 1 heterocycles. The van der Waals surface area contributed by atoms with Gasteiger partial charge in [0.05, 0.1) is 11.5 Å². The van der Waals surface area contributed by atoms with E-state index in [1.165, 1.54) is 0 Å². The Balaban J connectivity index is 2.42. The fourth-order valence-corrected chi connectivity index (χ4v) is 4.54. The molecule has 23 heavy (non-hydrogen) atoms. The van der Waals surface area contributed by atoms with Crippen LogP contribution in [0.15, 0.2) is 4.21 Å². The van der Waals surface area contributed by atoms with Crippen LogP contribution < -0.4 is 4.74 Å². The molecule has 4 atom stereocenters. The molecule has 1 aliphatic rings. The van der Waals surface area contributed by atoms with Crippen LogP contribution in [0.25, 0.3) is 0 Å². The maximum atomic E-state index is 14.0. The molecule has 1 N–H and O–H groups in total. The lowest BCUT2D eigenvalue weighted by atomic mass is 10.2. The second kappa shape index (κ2) is 5.85. The fourth-order valence-electron chi connectivity index (χ4n) is 2.11. The van der Waals surface area contributed by atoms with Crippen LogP contribution in [0.1, 0.15) is 30.3 Å². The number of halogens is 5. The van der Waals surface area contributed by atoms with Crippen molar-refractivity contribution < 1.29 is 40.2 Å². The van der Waals surface area contributed by atoms with Crippen LogP contribution in [0.3, 0.4) is 0 Å². The first kappa shape index (κ1) is 18.4. The molecule has 0 saturated carbocycles. The van der Waals surface area contributed by atoms with Crippen molar-refractivity contribution in [3.05, 3.63) is 11.1 Å². The topological polar surface area (TPSA) is 63.6 Å². The summed E-state index contributed by atoms with van der Waals surface area (Å²) >= 11 is 0.387. The lowest BCUT2D eigenvalue weighted by molar-refractivity contribution is -0.176. The minimum atomic E-state index is -4.54. The van der Waals surface area contributed by atoms with Crippen molar-refractivity contribution in [1.82, 2.24) is 0 Å². The maximum absolute atomic E-state index is 14.0. The third kappa shape index (κ3) is 3.31. The van der Waals surface area contributed by atoms with Gasteiger partial charge in [0.2, 0.25) is 0 Å². The van der Waals surface area contributed by atoms with E-state index in [0.29, 0.717) is 11.3 Å². The number of aliphatic hydroxyl groups is 1. The van der Waals surface area contributed by atoms with Crippen molar-refractivity contribution in [2.45, 2.75) is 35.8 Å². The summed E-state index contributed by atoms with van der Waals surface area (Å²) in [7, 11) is -3.93. The van der Waals surface area contributed by atoms with Gasteiger partial charge >= 0.3 is 6.18 Å². The molecule has 4 nitrogen and oxygen atoms in total. The normalized spacial score (nSPS) is 26.2. The van der Waals surface area contributed by atoms with Crippen LogP contribution in [-0.2, 0) is 9.84 Å². The average Bonchev–Trinajstić information content (AvgIpc) is 2.88. The van der Waals surface area contributed by atoms with E-state index in [9.17, 15) is 35.5 Å². The van der Waals surface area contributed by atoms with Crippen LogP contribution in [0.4, 0.5) is 22.0 Å². The Hall–Kier alpha value is -0.940. The van der Waals surface area contributed by atoms with Crippen LogP contribution in [0.2, 0.25) is 0 Å². The van der Waals surface area contributed by atoms with E-state index in [4.69, 9.17) is 4.74 Å². The monoisotopic (exact) mass is 380 g/mol. The van der Waals surface area contributed by atoms with Gasteiger partial charge in [0, 0.05) is 11.8 Å². The van der Waals surface area contributed by atoms with Crippen molar-refractivity contribution in [1.29, 1.82) is 0 Å². The van der Waals surface area contributed by atoms with Gasteiger partial charge in [-0.25, -0.2) is 17.2 Å². The minimum Gasteiger partial charge on any atom is -0.483 e. The Morgan fingerprint density at radius 2 is 1.87 bits per heavy atom. The number of thiophene rings is 1. The number of sulfone groups is 1. The predicted molar refractivity (Wildman–Crippen MR) is 71.8 cm³/mol. The molecule has 11 heteroatoms. The smallest absolute Gasteiger partial charge is 0.394 e. The number of hydrogen-bond acceptors (Lipinski definition) is 5. The first-order chi connectivity index (χ1) is 10.4. The molecule has 2 rings (SSSR count). The van der Waals surface area contributed by atoms with Crippen molar-refractivity contribution >= 4 is 21.2 Å². The molecular weight excluding hydrogens is 367 g/mol. The Labute approximate surface area is 132 Å². The predicted octanol–water partition coefficient (Wildman–Crippen LogP) is 3.12. The van der Waals surface area contributed by atoms with Gasteiger partial charge in [-0.05, 0) is 0 Å². The second-order valence-electron chi connectivity index (χ2n) is 5.32. The lowest BCUT2D eigenvalue weighted by Crippen LogP contribution is -2.25. The first-order valence-corrected chi connectivity index (χ1v) is 9.08. The fraction of sp³-hybridized carbons (Fsp3) is 0.667. The Morgan fingerprint density at radius 1 is 1.30 bits per heavy atom. The maximum Gasteiger partial charge on any atom is 0.394 e. The summed E-state index contributed by atoms with van der Waals surface area (Å²) in [5.41, 5.74) is -0.989. The first-order valence-electron chi connectivity index (χ1n) is 6.38. The van der Waals surface area contributed by atoms with Crippen LogP contribution >= 0.6 is 11.3 Å². The van der Waals surface area contributed by atoms with Crippen molar-refractivity contribution in [2.75, 3.05) is 12.9 Å². The molecule has 0 aliphatic heterocycles. The summed E-state index contributed by atoms with van der Waals surface area (Å²) in [5, 5.41) is 9.22. The van der Waals surface area contributed by atoms with Crippen LogP contribution in [0, 0.1) is 5.92 Å². The molecule has 1 aromatic rings. The van der Waals surface area contributed by atoms with E-state index in [0.717, 1.165) is 13.2 Å². The average molecular weight is 380 g/mol. The molecule has 0 saturated heterocycles. The molecular formula is C12H13F5O4S2. The zero-order chi connectivity index (χ0) is 17.7. The Morgan fingerprint density at radius 3 is 2.35 bits per heavy atom. The van der Waals surface area contributed by atoms with E-state index in [1.54, 1.807) is 0 Å². The molecule has 0 bridgehead atoms. The Bertz CT molecular complexity index is 697. The van der Waals surface area contributed by atoms with E-state index in [2.05, 4.69) is 0 Å². The molecule has 0 amide bonds. The molecule has 0 aromatic carbocycles. The quantitative estimate of drug-likeness (QED) is 0.816. The molecule has 0 spiro atoms. The highest BCUT2D eigenvalue weighted by Gasteiger charge is 2.48. The van der Waals surface area contributed by atoms with Gasteiger partial charge in [-0.2, -0.15) is 13.2 Å². The summed E-state index contributed by atoms with van der Waals surface area (Å²) in [5.74, 6) is -1.88. The largest absolute Gasteiger partial charge is 0.483 e. The van der Waals surface area contributed by atoms with E-state index in [-0.39, 0.29) is 0 Å². The molecule has 1 aliphatic carbocycles. The van der Waals surface area contributed by atoms with Gasteiger partial charge in [0.1, 0.15) is 16.9 Å². The van der Waals surface area contributed by atoms with Gasteiger partial charge in [-0.15, -0.1) is 0 Å². The zero-order valence-electron chi connectivity index (χ0n) is 11.9. The zero-order valence-corrected chi connectivity index (χ0v) is 13.5.